The molecule has 2 amide bonds. The molecule has 0 spiro atoms. The van der Waals surface area contributed by atoms with Crippen molar-refractivity contribution in [2.24, 2.45) is 0 Å². The molecule has 0 aliphatic carbocycles. The fraction of sp³-hybridized carbons (Fsp3) is 0.320. The van der Waals surface area contributed by atoms with E-state index in [1.54, 1.807) is 18.3 Å². The molecule has 2 aromatic carbocycles. The monoisotopic (exact) mass is 463 g/mol. The van der Waals surface area contributed by atoms with E-state index in [2.05, 4.69) is 39.2 Å². The third kappa shape index (κ3) is 3.81. The molecule has 1 fully saturated rings. The summed E-state index contributed by atoms with van der Waals surface area (Å²) in [5.41, 5.74) is 4.71. The first-order valence-electron chi connectivity index (χ1n) is 11.3. The molecule has 1 saturated heterocycles. The highest BCUT2D eigenvalue weighted by Crippen LogP contribution is 2.36. The van der Waals surface area contributed by atoms with Crippen LogP contribution in [0.25, 0.3) is 27.5 Å². The standard InChI is InChI=1S/C25H26FN5O3/c1-13(2)24-17(7-8-22(33)29-23-21(32)12-27-25(23)34)18-10-19-14(11-28-30-19)9-20(18)31(24)16-5-3-15(26)4-6-16/h3-6,9-11,13,21,23,32H,7-8,12H2,1-2H3,(H,27,34)(H,28,30)(H,29,33)/t21-,23+/m1/s1. The quantitative estimate of drug-likeness (QED) is 0.352. The van der Waals surface area contributed by atoms with E-state index < -0.39 is 12.1 Å². The first-order valence-corrected chi connectivity index (χ1v) is 11.3. The summed E-state index contributed by atoms with van der Waals surface area (Å²) in [6.45, 7) is 4.31. The van der Waals surface area contributed by atoms with E-state index in [1.165, 1.54) is 12.1 Å². The minimum absolute atomic E-state index is 0.120. The Bertz CT molecular complexity index is 1390. The maximum absolute atomic E-state index is 13.7. The average Bonchev–Trinajstić information content (AvgIpc) is 3.48. The van der Waals surface area contributed by atoms with E-state index in [0.29, 0.717) is 6.42 Å². The smallest absolute Gasteiger partial charge is 0.245 e. The molecule has 3 heterocycles. The SMILES string of the molecule is CC(C)c1c(CCC(=O)N[C@@H]2C(=O)NC[C@H]2O)c2cc3[nH]ncc3cc2n1-c1ccc(F)cc1. The summed E-state index contributed by atoms with van der Waals surface area (Å²) in [6, 6.07) is 9.52. The zero-order valence-electron chi connectivity index (χ0n) is 18.9. The molecule has 9 heteroatoms. The van der Waals surface area contributed by atoms with E-state index in [-0.39, 0.29) is 36.5 Å². The van der Waals surface area contributed by atoms with E-state index in [4.69, 9.17) is 0 Å². The summed E-state index contributed by atoms with van der Waals surface area (Å²) in [5.74, 6) is -0.868. The minimum Gasteiger partial charge on any atom is -0.389 e. The first kappa shape index (κ1) is 22.1. The van der Waals surface area contributed by atoms with Gasteiger partial charge in [0.15, 0.2) is 0 Å². The van der Waals surface area contributed by atoms with Crippen LogP contribution >= 0.6 is 0 Å². The maximum Gasteiger partial charge on any atom is 0.245 e. The third-order valence-electron chi connectivity index (χ3n) is 6.38. The summed E-state index contributed by atoms with van der Waals surface area (Å²) in [6.07, 6.45) is 1.42. The second-order valence-electron chi connectivity index (χ2n) is 9.01. The van der Waals surface area contributed by atoms with Gasteiger partial charge < -0.3 is 20.3 Å². The van der Waals surface area contributed by atoms with Crippen LogP contribution in [0.5, 0.6) is 0 Å². The number of rotatable bonds is 6. The van der Waals surface area contributed by atoms with Crippen molar-refractivity contribution in [1.29, 1.82) is 0 Å². The number of amides is 2. The molecule has 5 rings (SSSR count). The Balaban J connectivity index is 1.57. The van der Waals surface area contributed by atoms with E-state index in [1.807, 2.05) is 12.1 Å². The third-order valence-corrected chi connectivity index (χ3v) is 6.38. The highest BCUT2D eigenvalue weighted by molar-refractivity contribution is 5.99. The molecule has 34 heavy (non-hydrogen) atoms. The van der Waals surface area contributed by atoms with Crippen molar-refractivity contribution in [2.45, 2.75) is 44.8 Å². The van der Waals surface area contributed by atoms with Gasteiger partial charge in [0, 0.05) is 35.1 Å². The number of nitrogens with zero attached hydrogens (tertiary/aromatic N) is 2. The van der Waals surface area contributed by atoms with Gasteiger partial charge in [0.05, 0.1) is 17.2 Å². The van der Waals surface area contributed by atoms with Crippen LogP contribution in [0.2, 0.25) is 0 Å². The molecule has 4 aromatic rings. The summed E-state index contributed by atoms with van der Waals surface area (Å²) < 4.78 is 15.8. The van der Waals surface area contributed by atoms with Gasteiger partial charge in [-0.25, -0.2) is 4.39 Å². The molecule has 0 saturated carbocycles. The number of aryl methyl sites for hydroxylation is 1. The van der Waals surface area contributed by atoms with Gasteiger partial charge in [-0.1, -0.05) is 13.8 Å². The van der Waals surface area contributed by atoms with E-state index >= 15 is 0 Å². The van der Waals surface area contributed by atoms with Crippen LogP contribution in [-0.2, 0) is 16.0 Å². The number of H-pyrrole nitrogens is 1. The van der Waals surface area contributed by atoms with Gasteiger partial charge in [-0.15, -0.1) is 0 Å². The molecular weight excluding hydrogens is 437 g/mol. The summed E-state index contributed by atoms with van der Waals surface area (Å²) in [7, 11) is 0. The van der Waals surface area contributed by atoms with Gasteiger partial charge in [0.1, 0.15) is 18.0 Å². The molecule has 0 unspecified atom stereocenters. The number of β-amino-alcohol motifs (C(OH)–C–C–N with tert-alkyl or cyclic N) is 1. The predicted molar refractivity (Wildman–Crippen MR) is 126 cm³/mol. The van der Waals surface area contributed by atoms with Crippen LogP contribution in [0.3, 0.4) is 0 Å². The number of nitrogens with one attached hydrogen (secondary N) is 3. The lowest BCUT2D eigenvalue weighted by atomic mass is 9.98. The van der Waals surface area contributed by atoms with Gasteiger partial charge >= 0.3 is 0 Å². The highest BCUT2D eigenvalue weighted by Gasteiger charge is 2.34. The summed E-state index contributed by atoms with van der Waals surface area (Å²) in [4.78, 5) is 24.6. The average molecular weight is 464 g/mol. The van der Waals surface area contributed by atoms with Gasteiger partial charge in [-0.3, -0.25) is 14.7 Å². The molecule has 1 aliphatic heterocycles. The number of benzene rings is 2. The van der Waals surface area contributed by atoms with Crippen molar-refractivity contribution in [3.05, 3.63) is 59.7 Å². The van der Waals surface area contributed by atoms with Gasteiger partial charge in [0.2, 0.25) is 11.8 Å². The van der Waals surface area contributed by atoms with Crippen molar-refractivity contribution in [3.8, 4) is 5.69 Å². The van der Waals surface area contributed by atoms with Crippen LogP contribution in [0.15, 0.2) is 42.6 Å². The molecule has 1 aliphatic rings. The van der Waals surface area contributed by atoms with Crippen molar-refractivity contribution in [1.82, 2.24) is 25.4 Å². The second-order valence-corrected chi connectivity index (χ2v) is 9.01. The number of hydrogen-bond acceptors (Lipinski definition) is 4. The lowest BCUT2D eigenvalue weighted by Crippen LogP contribution is -2.45. The zero-order chi connectivity index (χ0) is 24.0. The Hall–Kier alpha value is -3.72. The molecule has 0 radical (unpaired) electrons. The van der Waals surface area contributed by atoms with Crippen LogP contribution in [0.1, 0.15) is 37.4 Å². The Morgan fingerprint density at radius 2 is 2.06 bits per heavy atom. The van der Waals surface area contributed by atoms with Crippen LogP contribution < -0.4 is 10.6 Å². The van der Waals surface area contributed by atoms with Crippen LogP contribution in [0.4, 0.5) is 4.39 Å². The molecule has 8 nitrogen and oxygen atoms in total. The summed E-state index contributed by atoms with van der Waals surface area (Å²) >= 11 is 0. The lowest BCUT2D eigenvalue weighted by Gasteiger charge is -2.16. The van der Waals surface area contributed by atoms with Gasteiger partial charge in [-0.05, 0) is 54.3 Å². The topological polar surface area (TPSA) is 112 Å². The Morgan fingerprint density at radius 1 is 1.29 bits per heavy atom. The number of hydrogen-bond donors (Lipinski definition) is 4. The van der Waals surface area contributed by atoms with Crippen molar-refractivity contribution in [2.75, 3.05) is 6.54 Å². The Kier molecular flexibility index (Phi) is 5.57. The fourth-order valence-electron chi connectivity index (χ4n) is 4.80. The van der Waals surface area contributed by atoms with Gasteiger partial charge in [0.25, 0.3) is 0 Å². The van der Waals surface area contributed by atoms with E-state index in [0.717, 1.165) is 38.8 Å². The number of aromatic amines is 1. The Labute approximate surface area is 195 Å². The van der Waals surface area contributed by atoms with Crippen molar-refractivity contribution in [3.63, 3.8) is 0 Å². The first-order chi connectivity index (χ1) is 16.3. The number of aliphatic hydroxyl groups excluding tert-OH is 1. The Morgan fingerprint density at radius 3 is 2.74 bits per heavy atom. The van der Waals surface area contributed by atoms with Crippen molar-refractivity contribution >= 4 is 33.6 Å². The number of fused-ring (bicyclic) bond motifs is 2. The molecular formula is C25H26FN5O3. The molecule has 2 aromatic heterocycles. The van der Waals surface area contributed by atoms with Crippen LogP contribution in [0, 0.1) is 5.82 Å². The van der Waals surface area contributed by atoms with Crippen molar-refractivity contribution < 1.29 is 19.1 Å². The normalized spacial score (nSPS) is 18.2. The number of aliphatic hydroxyl groups is 1. The number of carbonyl (C=O) groups excluding carboxylic acids is 2. The molecule has 176 valence electrons. The largest absolute Gasteiger partial charge is 0.389 e. The highest BCUT2D eigenvalue weighted by atomic mass is 19.1. The lowest BCUT2D eigenvalue weighted by molar-refractivity contribution is -0.128. The van der Waals surface area contributed by atoms with Gasteiger partial charge in [-0.2, -0.15) is 5.10 Å². The molecule has 0 bridgehead atoms. The number of aromatic nitrogens is 3. The minimum atomic E-state index is -0.934. The molecule has 4 N–H and O–H groups in total. The molecule has 2 atom stereocenters. The van der Waals surface area contributed by atoms with Crippen LogP contribution in [-0.4, -0.2) is 50.4 Å². The maximum atomic E-state index is 13.7. The number of halogens is 1. The van der Waals surface area contributed by atoms with E-state index in [9.17, 15) is 19.1 Å². The zero-order valence-corrected chi connectivity index (χ0v) is 18.9. The second kappa shape index (κ2) is 8.57. The summed E-state index contributed by atoms with van der Waals surface area (Å²) in [5, 5.41) is 24.2. The predicted octanol–water partition coefficient (Wildman–Crippen LogP) is 2.68. The fourth-order valence-corrected chi connectivity index (χ4v) is 4.80. The number of carbonyl (C=O) groups is 2.